The van der Waals surface area contributed by atoms with Crippen LogP contribution in [-0.4, -0.2) is 31.3 Å². The van der Waals surface area contributed by atoms with Crippen LogP contribution in [0.3, 0.4) is 0 Å². The summed E-state index contributed by atoms with van der Waals surface area (Å²) >= 11 is 1.80. The van der Waals surface area contributed by atoms with Crippen molar-refractivity contribution in [1.82, 2.24) is 10.6 Å². The highest BCUT2D eigenvalue weighted by atomic mass is 32.1. The topological polar surface area (TPSA) is 45.7 Å². The predicted molar refractivity (Wildman–Crippen MR) is 91.5 cm³/mol. The fraction of sp³-hybridized carbons (Fsp3) is 0.471. The minimum absolute atomic E-state index is 0.366. The Hall–Kier alpha value is -1.59. The fourth-order valence-electron chi connectivity index (χ4n) is 3.51. The first-order valence-electron chi connectivity index (χ1n) is 7.91. The first-order valence-corrected chi connectivity index (χ1v) is 8.79. The zero-order valence-corrected chi connectivity index (χ0v) is 13.5. The Balaban J connectivity index is 1.39. The van der Waals surface area contributed by atoms with Gasteiger partial charge in [0.05, 0.1) is 18.2 Å². The number of rotatable bonds is 3. The van der Waals surface area contributed by atoms with E-state index in [1.807, 2.05) is 7.05 Å². The summed E-state index contributed by atoms with van der Waals surface area (Å²) in [7, 11) is 1.83. The summed E-state index contributed by atoms with van der Waals surface area (Å²) in [6.45, 7) is 0.797. The van der Waals surface area contributed by atoms with Crippen LogP contribution in [0, 0.1) is 0 Å². The lowest BCUT2D eigenvalue weighted by atomic mass is 9.96. The lowest BCUT2D eigenvalue weighted by Gasteiger charge is -2.22. The van der Waals surface area contributed by atoms with Crippen LogP contribution in [0.25, 0.3) is 10.1 Å². The second-order valence-electron chi connectivity index (χ2n) is 6.04. The summed E-state index contributed by atoms with van der Waals surface area (Å²) in [5.41, 5.74) is 1.33. The van der Waals surface area contributed by atoms with E-state index in [9.17, 15) is 0 Å². The molecule has 116 valence electrons. The average Bonchev–Trinajstić information content (AvgIpc) is 3.26. The van der Waals surface area contributed by atoms with E-state index < -0.39 is 0 Å². The van der Waals surface area contributed by atoms with Crippen LogP contribution in [0.15, 0.2) is 34.6 Å². The molecule has 2 bridgehead atoms. The van der Waals surface area contributed by atoms with Gasteiger partial charge in [-0.05, 0) is 41.7 Å². The Kier molecular flexibility index (Phi) is 3.76. The van der Waals surface area contributed by atoms with Gasteiger partial charge >= 0.3 is 0 Å². The molecule has 4 rings (SSSR count). The molecule has 0 saturated carbocycles. The Labute approximate surface area is 134 Å². The van der Waals surface area contributed by atoms with Crippen LogP contribution in [0.1, 0.15) is 24.8 Å². The molecule has 2 aliphatic heterocycles. The highest BCUT2D eigenvalue weighted by Crippen LogP contribution is 2.34. The van der Waals surface area contributed by atoms with E-state index in [0.717, 1.165) is 18.9 Å². The molecule has 3 unspecified atom stereocenters. The third-order valence-corrected chi connectivity index (χ3v) is 5.67. The van der Waals surface area contributed by atoms with Gasteiger partial charge in [0.15, 0.2) is 5.96 Å². The summed E-state index contributed by atoms with van der Waals surface area (Å²) in [5, 5.41) is 10.5. The van der Waals surface area contributed by atoms with E-state index in [2.05, 4.69) is 45.3 Å². The molecule has 2 aliphatic rings. The molecule has 0 radical (unpaired) electrons. The van der Waals surface area contributed by atoms with Crippen molar-refractivity contribution in [3.63, 3.8) is 0 Å². The molecule has 5 heteroatoms. The molecule has 0 amide bonds. The van der Waals surface area contributed by atoms with Crippen molar-refractivity contribution in [3.8, 4) is 0 Å². The molecule has 3 heterocycles. The number of guanidine groups is 1. The van der Waals surface area contributed by atoms with Gasteiger partial charge in [0, 0.05) is 18.3 Å². The number of benzene rings is 1. The molecular formula is C17H21N3OS. The third kappa shape index (κ3) is 2.59. The van der Waals surface area contributed by atoms with E-state index in [-0.39, 0.29) is 0 Å². The summed E-state index contributed by atoms with van der Waals surface area (Å²) < 4.78 is 7.23. The molecule has 0 aliphatic carbocycles. The van der Waals surface area contributed by atoms with Crippen molar-refractivity contribution >= 4 is 27.4 Å². The van der Waals surface area contributed by atoms with Gasteiger partial charge < -0.3 is 15.4 Å². The second kappa shape index (κ2) is 5.89. The Morgan fingerprint density at radius 2 is 2.27 bits per heavy atom. The molecular weight excluding hydrogens is 294 g/mol. The zero-order valence-electron chi connectivity index (χ0n) is 12.7. The molecule has 2 saturated heterocycles. The minimum Gasteiger partial charge on any atom is -0.373 e. The fourth-order valence-corrected chi connectivity index (χ4v) is 4.47. The number of nitrogens with zero attached hydrogens (tertiary/aromatic N) is 1. The van der Waals surface area contributed by atoms with Crippen molar-refractivity contribution < 1.29 is 4.74 Å². The molecule has 1 aromatic heterocycles. The maximum atomic E-state index is 5.89. The van der Waals surface area contributed by atoms with Gasteiger partial charge in [-0.1, -0.05) is 18.2 Å². The van der Waals surface area contributed by atoms with Crippen LogP contribution in [0.2, 0.25) is 0 Å². The summed E-state index contributed by atoms with van der Waals surface area (Å²) in [4.78, 5) is 4.36. The van der Waals surface area contributed by atoms with Gasteiger partial charge in [-0.25, -0.2) is 0 Å². The van der Waals surface area contributed by atoms with E-state index in [1.54, 1.807) is 11.3 Å². The van der Waals surface area contributed by atoms with E-state index in [0.29, 0.717) is 18.2 Å². The standard InChI is InChI=1S/C17H21N3OS/c1-18-17(20-14-8-12-6-7-15(14)21-12)19-9-11-10-22-16-5-3-2-4-13(11)16/h2-5,10,12,14-15H,6-9H2,1H3,(H2,18,19,20). The molecule has 3 atom stereocenters. The SMILES string of the molecule is CN=C(NCc1csc2ccccc12)NC1CC2CCC1O2. The number of thiophene rings is 1. The van der Waals surface area contributed by atoms with Gasteiger partial charge in [-0.3, -0.25) is 4.99 Å². The quantitative estimate of drug-likeness (QED) is 0.676. The third-order valence-electron chi connectivity index (χ3n) is 4.66. The number of ether oxygens (including phenoxy) is 1. The van der Waals surface area contributed by atoms with E-state index in [4.69, 9.17) is 4.74 Å². The van der Waals surface area contributed by atoms with Crippen LogP contribution < -0.4 is 10.6 Å². The highest BCUT2D eigenvalue weighted by Gasteiger charge is 2.41. The van der Waals surface area contributed by atoms with Crippen molar-refractivity contribution in [3.05, 3.63) is 35.2 Å². The minimum atomic E-state index is 0.366. The Morgan fingerprint density at radius 3 is 3.05 bits per heavy atom. The smallest absolute Gasteiger partial charge is 0.191 e. The Morgan fingerprint density at radius 1 is 1.36 bits per heavy atom. The molecule has 22 heavy (non-hydrogen) atoms. The average molecular weight is 315 g/mol. The molecule has 1 aromatic carbocycles. The summed E-state index contributed by atoms with van der Waals surface area (Å²) in [6.07, 6.45) is 4.32. The normalized spacial score (nSPS) is 27.5. The first-order chi connectivity index (χ1) is 10.8. The second-order valence-corrected chi connectivity index (χ2v) is 6.95. The van der Waals surface area contributed by atoms with Gasteiger partial charge in [0.2, 0.25) is 0 Å². The van der Waals surface area contributed by atoms with Gasteiger partial charge in [0.1, 0.15) is 0 Å². The largest absolute Gasteiger partial charge is 0.373 e. The maximum Gasteiger partial charge on any atom is 0.191 e. The number of hydrogen-bond donors (Lipinski definition) is 2. The van der Waals surface area contributed by atoms with E-state index in [1.165, 1.54) is 28.5 Å². The van der Waals surface area contributed by atoms with Crippen LogP contribution in [0.5, 0.6) is 0 Å². The van der Waals surface area contributed by atoms with E-state index >= 15 is 0 Å². The van der Waals surface area contributed by atoms with Gasteiger partial charge in [-0.15, -0.1) is 11.3 Å². The van der Waals surface area contributed by atoms with Gasteiger partial charge in [-0.2, -0.15) is 0 Å². The van der Waals surface area contributed by atoms with Crippen LogP contribution in [0.4, 0.5) is 0 Å². The summed E-state index contributed by atoms with van der Waals surface area (Å²) in [6, 6.07) is 8.94. The molecule has 2 N–H and O–H groups in total. The van der Waals surface area contributed by atoms with Crippen molar-refractivity contribution in [2.75, 3.05) is 7.05 Å². The van der Waals surface area contributed by atoms with Crippen LogP contribution in [-0.2, 0) is 11.3 Å². The number of fused-ring (bicyclic) bond motifs is 3. The Bertz CT molecular complexity index is 696. The van der Waals surface area contributed by atoms with Crippen molar-refractivity contribution in [1.29, 1.82) is 0 Å². The summed E-state index contributed by atoms with van der Waals surface area (Å²) in [5.74, 6) is 0.872. The monoisotopic (exact) mass is 315 g/mol. The highest BCUT2D eigenvalue weighted by molar-refractivity contribution is 7.17. The van der Waals surface area contributed by atoms with Crippen LogP contribution >= 0.6 is 11.3 Å². The first kappa shape index (κ1) is 14.0. The van der Waals surface area contributed by atoms with Crippen molar-refractivity contribution in [2.45, 2.75) is 44.1 Å². The van der Waals surface area contributed by atoms with Gasteiger partial charge in [0.25, 0.3) is 0 Å². The maximum absolute atomic E-state index is 5.89. The number of nitrogens with one attached hydrogen (secondary N) is 2. The predicted octanol–water partition coefficient (Wildman–Crippen LogP) is 2.89. The molecule has 4 nitrogen and oxygen atoms in total. The number of hydrogen-bond acceptors (Lipinski definition) is 3. The molecule has 2 fully saturated rings. The lowest BCUT2D eigenvalue weighted by molar-refractivity contribution is 0.0992. The molecule has 0 spiro atoms. The lowest BCUT2D eigenvalue weighted by Crippen LogP contribution is -2.47. The zero-order chi connectivity index (χ0) is 14.9. The van der Waals surface area contributed by atoms with Crippen molar-refractivity contribution in [2.24, 2.45) is 4.99 Å². The molecule has 2 aromatic rings. The number of aliphatic imine (C=N–C) groups is 1.